The lowest BCUT2D eigenvalue weighted by atomic mass is 10.0. The molecular weight excluding hydrogens is 166 g/mol. The predicted molar refractivity (Wildman–Crippen MR) is 53.4 cm³/mol. The number of β-amino-alcohol motifs (C(OH)–C–C–N with tert-alkyl or cyclic N) is 1. The van der Waals surface area contributed by atoms with Gasteiger partial charge in [-0.3, -0.25) is 4.90 Å². The second kappa shape index (κ2) is 5.98. The normalized spacial score (nSPS) is 11.2. The molecule has 0 rings (SSSR count). The highest BCUT2D eigenvalue weighted by molar-refractivity contribution is 5.14. The van der Waals surface area contributed by atoms with E-state index in [-0.39, 0.29) is 12.1 Å². The van der Waals surface area contributed by atoms with Crippen LogP contribution in [-0.4, -0.2) is 49.5 Å². The number of hydrogen-bond acceptors (Lipinski definition) is 3. The van der Waals surface area contributed by atoms with Crippen LogP contribution in [0.1, 0.15) is 13.8 Å². The molecule has 0 aliphatic rings. The fourth-order valence-electron chi connectivity index (χ4n) is 0.849. The summed E-state index contributed by atoms with van der Waals surface area (Å²) in [6.07, 6.45) is 0. The average Bonchev–Trinajstić information content (AvgIpc) is 2.05. The van der Waals surface area contributed by atoms with E-state index in [9.17, 15) is 0 Å². The summed E-state index contributed by atoms with van der Waals surface area (Å²) < 4.78 is 4.84. The van der Waals surface area contributed by atoms with Crippen LogP contribution in [0.15, 0.2) is 0 Å². The van der Waals surface area contributed by atoms with Gasteiger partial charge in [0.1, 0.15) is 6.61 Å². The van der Waals surface area contributed by atoms with Crippen molar-refractivity contribution in [3.05, 3.63) is 0 Å². The molecule has 3 nitrogen and oxygen atoms in total. The van der Waals surface area contributed by atoms with E-state index in [1.54, 1.807) is 7.11 Å². The van der Waals surface area contributed by atoms with E-state index in [4.69, 9.17) is 9.84 Å². The van der Waals surface area contributed by atoms with E-state index < -0.39 is 0 Å². The molecule has 13 heavy (non-hydrogen) atoms. The van der Waals surface area contributed by atoms with Gasteiger partial charge in [0.05, 0.1) is 12.1 Å². The summed E-state index contributed by atoms with van der Waals surface area (Å²) in [5.41, 5.74) is -0.207. The molecule has 0 amide bonds. The van der Waals surface area contributed by atoms with Crippen LogP contribution >= 0.6 is 0 Å². The van der Waals surface area contributed by atoms with Crippen molar-refractivity contribution in [2.75, 3.05) is 33.9 Å². The maximum Gasteiger partial charge on any atom is 0.107 e. The maximum absolute atomic E-state index is 8.76. The number of nitrogens with zero attached hydrogens (tertiary/aromatic N) is 1. The molecule has 0 saturated heterocycles. The first-order chi connectivity index (χ1) is 6.04. The zero-order valence-corrected chi connectivity index (χ0v) is 8.92. The summed E-state index contributed by atoms with van der Waals surface area (Å²) in [6, 6.07) is 0. The maximum atomic E-state index is 8.76. The molecule has 0 fully saturated rings. The number of ether oxygens (including phenoxy) is 1. The molecule has 0 aliphatic heterocycles. The van der Waals surface area contributed by atoms with Crippen LogP contribution in [0.25, 0.3) is 0 Å². The van der Waals surface area contributed by atoms with Gasteiger partial charge < -0.3 is 9.84 Å². The molecule has 1 N–H and O–H groups in total. The zero-order valence-electron chi connectivity index (χ0n) is 8.92. The van der Waals surface area contributed by atoms with Crippen molar-refractivity contribution in [2.45, 2.75) is 19.4 Å². The highest BCUT2D eigenvalue weighted by atomic mass is 16.5. The number of rotatable bonds is 4. The predicted octanol–water partition coefficient (Wildman–Crippen LogP) is 0.339. The first-order valence-corrected chi connectivity index (χ1v) is 4.35. The second-order valence-corrected chi connectivity index (χ2v) is 3.44. The van der Waals surface area contributed by atoms with Crippen LogP contribution in [-0.2, 0) is 4.74 Å². The van der Waals surface area contributed by atoms with Gasteiger partial charge in [0, 0.05) is 13.7 Å². The van der Waals surface area contributed by atoms with Crippen LogP contribution in [0, 0.1) is 11.8 Å². The molecule has 3 heteroatoms. The van der Waals surface area contributed by atoms with Gasteiger partial charge in [-0.1, -0.05) is 11.8 Å². The van der Waals surface area contributed by atoms with E-state index >= 15 is 0 Å². The molecule has 0 aromatic carbocycles. The lowest BCUT2D eigenvalue weighted by Gasteiger charge is -2.30. The molecule has 0 atom stereocenters. The van der Waals surface area contributed by atoms with Gasteiger partial charge in [0.2, 0.25) is 0 Å². The number of aliphatic hydroxyl groups excluding tert-OH is 1. The average molecular weight is 185 g/mol. The van der Waals surface area contributed by atoms with Gasteiger partial charge in [-0.15, -0.1) is 0 Å². The fourth-order valence-corrected chi connectivity index (χ4v) is 0.849. The van der Waals surface area contributed by atoms with Crippen molar-refractivity contribution in [1.29, 1.82) is 0 Å². The van der Waals surface area contributed by atoms with E-state index in [0.717, 1.165) is 0 Å². The Morgan fingerprint density at radius 1 is 1.46 bits per heavy atom. The Kier molecular flexibility index (Phi) is 5.72. The van der Waals surface area contributed by atoms with E-state index in [1.165, 1.54) is 0 Å². The van der Waals surface area contributed by atoms with Gasteiger partial charge in [-0.2, -0.15) is 0 Å². The summed E-state index contributed by atoms with van der Waals surface area (Å²) in [6.45, 7) is 5.29. The highest BCUT2D eigenvalue weighted by Gasteiger charge is 2.19. The summed E-state index contributed by atoms with van der Waals surface area (Å²) in [4.78, 5) is 2.01. The lowest BCUT2D eigenvalue weighted by Crippen LogP contribution is -2.41. The van der Waals surface area contributed by atoms with Gasteiger partial charge in [0.15, 0.2) is 0 Å². The Labute approximate surface area is 80.7 Å². The number of hydrogen-bond donors (Lipinski definition) is 1. The van der Waals surface area contributed by atoms with Crippen LogP contribution in [0.2, 0.25) is 0 Å². The van der Waals surface area contributed by atoms with E-state index in [1.807, 2.05) is 25.8 Å². The smallest absolute Gasteiger partial charge is 0.107 e. The van der Waals surface area contributed by atoms with Crippen LogP contribution < -0.4 is 0 Å². The molecule has 0 aromatic heterocycles. The molecule has 0 bridgehead atoms. The summed E-state index contributed by atoms with van der Waals surface area (Å²) in [7, 11) is 3.57. The molecule has 0 heterocycles. The third kappa shape index (κ3) is 4.89. The minimum atomic E-state index is -0.207. The Morgan fingerprint density at radius 2 is 2.08 bits per heavy atom. The van der Waals surface area contributed by atoms with Gasteiger partial charge in [-0.25, -0.2) is 0 Å². The molecule has 0 saturated carbocycles. The van der Waals surface area contributed by atoms with Crippen LogP contribution in [0.4, 0.5) is 0 Å². The lowest BCUT2D eigenvalue weighted by molar-refractivity contribution is 0.161. The van der Waals surface area contributed by atoms with Crippen molar-refractivity contribution in [1.82, 2.24) is 4.90 Å². The summed E-state index contributed by atoms with van der Waals surface area (Å²) in [5, 5.41) is 8.76. The van der Waals surface area contributed by atoms with E-state index in [2.05, 4.69) is 11.8 Å². The first kappa shape index (κ1) is 12.4. The molecule has 0 aliphatic carbocycles. The second-order valence-electron chi connectivity index (χ2n) is 3.44. The van der Waals surface area contributed by atoms with Crippen molar-refractivity contribution < 1.29 is 9.84 Å². The molecule has 0 aromatic rings. The van der Waals surface area contributed by atoms with E-state index in [0.29, 0.717) is 13.2 Å². The number of methoxy groups -OCH3 is 1. The monoisotopic (exact) mass is 185 g/mol. The molecule has 0 unspecified atom stereocenters. The molecule has 0 spiro atoms. The largest absolute Gasteiger partial charge is 0.395 e. The Bertz CT molecular complexity index is 191. The minimum absolute atomic E-state index is 0.159. The van der Waals surface area contributed by atoms with Crippen molar-refractivity contribution in [3.63, 3.8) is 0 Å². The first-order valence-electron chi connectivity index (χ1n) is 4.35. The van der Waals surface area contributed by atoms with Gasteiger partial charge >= 0.3 is 0 Å². The molecule has 0 radical (unpaired) electrons. The summed E-state index contributed by atoms with van der Waals surface area (Å²) >= 11 is 0. The third-order valence-electron chi connectivity index (χ3n) is 2.00. The topological polar surface area (TPSA) is 32.7 Å². The minimum Gasteiger partial charge on any atom is -0.395 e. The Hall–Kier alpha value is -0.560. The number of likely N-dealkylation sites (N-methyl/N-ethyl adjacent to an activating group) is 1. The van der Waals surface area contributed by atoms with Crippen molar-refractivity contribution >= 4 is 0 Å². The Morgan fingerprint density at radius 3 is 2.54 bits per heavy atom. The van der Waals surface area contributed by atoms with Crippen LogP contribution in [0.5, 0.6) is 0 Å². The zero-order chi connectivity index (χ0) is 10.3. The standard InChI is InChI=1S/C10H19NO2/c1-10(2,6-5-9-13-4)11(3)7-8-12/h12H,7-9H2,1-4H3. The molecular formula is C10H19NO2. The van der Waals surface area contributed by atoms with Gasteiger partial charge in [0.25, 0.3) is 0 Å². The van der Waals surface area contributed by atoms with Crippen molar-refractivity contribution in [2.24, 2.45) is 0 Å². The quantitative estimate of drug-likeness (QED) is 0.641. The van der Waals surface area contributed by atoms with Crippen molar-refractivity contribution in [3.8, 4) is 11.8 Å². The van der Waals surface area contributed by atoms with Crippen LogP contribution in [0.3, 0.4) is 0 Å². The summed E-state index contributed by atoms with van der Waals surface area (Å²) in [5.74, 6) is 6.00. The fraction of sp³-hybridized carbons (Fsp3) is 0.800. The molecule has 76 valence electrons. The third-order valence-corrected chi connectivity index (χ3v) is 2.00. The number of aliphatic hydroxyl groups is 1. The van der Waals surface area contributed by atoms with Gasteiger partial charge in [-0.05, 0) is 20.9 Å². The Balaban J connectivity index is 4.14. The SMILES string of the molecule is COCC#CC(C)(C)N(C)CCO. The highest BCUT2D eigenvalue weighted by Crippen LogP contribution is 2.09.